The number of para-hydroxylation sites is 1. The molecular weight excluding hydrogens is 264 g/mol. The van der Waals surface area contributed by atoms with E-state index in [4.69, 9.17) is 10.2 Å². The number of rotatable bonds is 6. The van der Waals surface area contributed by atoms with Crippen LogP contribution in [0, 0.1) is 0 Å². The fraction of sp³-hybridized carbons (Fsp3) is 0.308. The van der Waals surface area contributed by atoms with E-state index in [1.807, 2.05) is 29.2 Å². The van der Waals surface area contributed by atoms with Crippen LogP contribution in [0.15, 0.2) is 41.8 Å². The maximum atomic E-state index is 11.0. The van der Waals surface area contributed by atoms with Gasteiger partial charge in [0.1, 0.15) is 11.5 Å². The van der Waals surface area contributed by atoms with Gasteiger partial charge in [-0.3, -0.25) is 10.1 Å². The Morgan fingerprint density at radius 3 is 2.95 bits per heavy atom. The van der Waals surface area contributed by atoms with E-state index in [1.165, 1.54) is 11.8 Å². The zero-order valence-corrected chi connectivity index (χ0v) is 11.1. The van der Waals surface area contributed by atoms with Crippen molar-refractivity contribution in [2.45, 2.75) is 16.4 Å². The third kappa shape index (κ3) is 2.91. The first-order chi connectivity index (χ1) is 9.17. The van der Waals surface area contributed by atoms with Gasteiger partial charge in [0.2, 0.25) is 0 Å². The van der Waals surface area contributed by atoms with Crippen molar-refractivity contribution in [3.8, 4) is 0 Å². The number of aliphatic hydroxyl groups excluding tert-OH is 1. The largest absolute Gasteiger partial charge is 0.480 e. The van der Waals surface area contributed by atoms with E-state index in [9.17, 15) is 4.79 Å². The molecule has 6 heteroatoms. The SMILES string of the molecule is C=CCN1c2ccccc2SC1N[C@@H](CO)C(=O)O. The lowest BCUT2D eigenvalue weighted by molar-refractivity contribution is -0.140. The summed E-state index contributed by atoms with van der Waals surface area (Å²) < 4.78 is 0. The second-order valence-electron chi connectivity index (χ2n) is 4.12. The van der Waals surface area contributed by atoms with Crippen LogP contribution in [0.4, 0.5) is 5.69 Å². The molecule has 1 unspecified atom stereocenters. The van der Waals surface area contributed by atoms with Gasteiger partial charge >= 0.3 is 5.97 Å². The molecule has 0 saturated heterocycles. The van der Waals surface area contributed by atoms with Gasteiger partial charge < -0.3 is 15.1 Å². The van der Waals surface area contributed by atoms with Crippen molar-refractivity contribution in [3.63, 3.8) is 0 Å². The number of hydrogen-bond donors (Lipinski definition) is 3. The fourth-order valence-electron chi connectivity index (χ4n) is 1.94. The van der Waals surface area contributed by atoms with E-state index in [0.29, 0.717) is 6.54 Å². The van der Waals surface area contributed by atoms with Gasteiger partial charge in [0, 0.05) is 11.4 Å². The van der Waals surface area contributed by atoms with Gasteiger partial charge in [0.25, 0.3) is 0 Å². The summed E-state index contributed by atoms with van der Waals surface area (Å²) in [6.07, 6.45) is 1.77. The average molecular weight is 280 g/mol. The van der Waals surface area contributed by atoms with Crippen LogP contribution in [0.2, 0.25) is 0 Å². The molecule has 0 aromatic heterocycles. The maximum Gasteiger partial charge on any atom is 0.323 e. The molecule has 3 N–H and O–H groups in total. The molecule has 0 radical (unpaired) electrons. The van der Waals surface area contributed by atoms with E-state index in [2.05, 4.69) is 11.9 Å². The van der Waals surface area contributed by atoms with Crippen LogP contribution in [0.1, 0.15) is 0 Å². The third-order valence-corrected chi connectivity index (χ3v) is 4.06. The zero-order chi connectivity index (χ0) is 13.8. The maximum absolute atomic E-state index is 11.0. The van der Waals surface area contributed by atoms with E-state index >= 15 is 0 Å². The minimum Gasteiger partial charge on any atom is -0.480 e. The molecule has 0 aliphatic carbocycles. The Labute approximate surface area is 115 Å². The Bertz CT molecular complexity index is 481. The van der Waals surface area contributed by atoms with Crippen LogP contribution in [-0.2, 0) is 4.79 Å². The highest BCUT2D eigenvalue weighted by atomic mass is 32.2. The Morgan fingerprint density at radius 2 is 2.32 bits per heavy atom. The molecule has 1 aliphatic rings. The number of thioether (sulfide) groups is 1. The molecule has 5 nitrogen and oxygen atoms in total. The fourth-order valence-corrected chi connectivity index (χ4v) is 3.20. The quantitative estimate of drug-likeness (QED) is 0.678. The molecule has 102 valence electrons. The molecule has 0 amide bonds. The Kier molecular flexibility index (Phi) is 4.47. The third-order valence-electron chi connectivity index (χ3n) is 2.85. The first-order valence-corrected chi connectivity index (χ1v) is 6.78. The predicted octanol–water partition coefficient (Wildman–Crippen LogP) is 1.10. The van der Waals surface area contributed by atoms with Gasteiger partial charge in [-0.1, -0.05) is 30.0 Å². The number of hydrogen-bond acceptors (Lipinski definition) is 5. The molecule has 2 atom stereocenters. The van der Waals surface area contributed by atoms with Crippen molar-refractivity contribution in [2.75, 3.05) is 18.1 Å². The summed E-state index contributed by atoms with van der Waals surface area (Å²) in [4.78, 5) is 14.1. The summed E-state index contributed by atoms with van der Waals surface area (Å²) in [6.45, 7) is 3.89. The van der Waals surface area contributed by atoms with Crippen molar-refractivity contribution in [1.29, 1.82) is 0 Å². The number of aliphatic carboxylic acids is 1. The van der Waals surface area contributed by atoms with E-state index in [-0.39, 0.29) is 5.50 Å². The van der Waals surface area contributed by atoms with Gasteiger partial charge in [0.05, 0.1) is 12.3 Å². The molecule has 0 spiro atoms. The van der Waals surface area contributed by atoms with Crippen LogP contribution in [-0.4, -0.2) is 40.9 Å². The lowest BCUT2D eigenvalue weighted by atomic mass is 10.3. The van der Waals surface area contributed by atoms with Gasteiger partial charge in [-0.05, 0) is 12.1 Å². The summed E-state index contributed by atoms with van der Waals surface area (Å²) in [6, 6.07) is 6.90. The highest BCUT2D eigenvalue weighted by Gasteiger charge is 2.32. The standard InChI is InChI=1S/C13H16N2O3S/c1-2-7-15-10-5-3-4-6-11(10)19-13(15)14-9(8-16)12(17)18/h2-6,9,13-14,16H,1,7-8H2,(H,17,18)/t9-,13?/m0/s1. The summed E-state index contributed by atoms with van der Waals surface area (Å²) in [5, 5.41) is 21.0. The van der Waals surface area contributed by atoms with Crippen molar-refractivity contribution in [1.82, 2.24) is 5.32 Å². The zero-order valence-electron chi connectivity index (χ0n) is 10.3. The summed E-state index contributed by atoms with van der Waals surface area (Å²) in [7, 11) is 0. The van der Waals surface area contributed by atoms with Crippen molar-refractivity contribution >= 4 is 23.4 Å². The molecule has 0 saturated carbocycles. The number of benzene rings is 1. The molecule has 1 aromatic rings. The second-order valence-corrected chi connectivity index (χ2v) is 5.24. The van der Waals surface area contributed by atoms with Crippen LogP contribution in [0.5, 0.6) is 0 Å². The van der Waals surface area contributed by atoms with Gasteiger partial charge in [-0.15, -0.1) is 6.58 Å². The number of carbonyl (C=O) groups is 1. The van der Waals surface area contributed by atoms with Gasteiger partial charge in [-0.2, -0.15) is 0 Å². The Morgan fingerprint density at radius 1 is 1.58 bits per heavy atom. The molecule has 0 fully saturated rings. The summed E-state index contributed by atoms with van der Waals surface area (Å²) in [5.74, 6) is -1.06. The highest BCUT2D eigenvalue weighted by Crippen LogP contribution is 2.41. The summed E-state index contributed by atoms with van der Waals surface area (Å²) >= 11 is 1.54. The minimum absolute atomic E-state index is 0.219. The van der Waals surface area contributed by atoms with Gasteiger partial charge in [-0.25, -0.2) is 0 Å². The summed E-state index contributed by atoms with van der Waals surface area (Å²) in [5.41, 5.74) is 0.829. The van der Waals surface area contributed by atoms with Crippen LogP contribution in [0.3, 0.4) is 0 Å². The normalized spacial score (nSPS) is 19.0. The average Bonchev–Trinajstić information content (AvgIpc) is 2.74. The number of carboxylic acids is 1. The molecule has 1 aliphatic heterocycles. The van der Waals surface area contributed by atoms with E-state index in [1.54, 1.807) is 6.08 Å². The number of fused-ring (bicyclic) bond motifs is 1. The van der Waals surface area contributed by atoms with Crippen molar-refractivity contribution in [3.05, 3.63) is 36.9 Å². The van der Waals surface area contributed by atoms with Crippen LogP contribution >= 0.6 is 11.8 Å². The number of carboxylic acid groups (broad SMARTS) is 1. The first kappa shape index (κ1) is 13.9. The minimum atomic E-state index is -1.06. The number of aliphatic hydroxyl groups is 1. The molecule has 19 heavy (non-hydrogen) atoms. The van der Waals surface area contributed by atoms with E-state index in [0.717, 1.165) is 10.6 Å². The van der Waals surface area contributed by atoms with Crippen molar-refractivity contribution in [2.24, 2.45) is 0 Å². The topological polar surface area (TPSA) is 72.8 Å². The van der Waals surface area contributed by atoms with E-state index < -0.39 is 18.6 Å². The molecule has 1 heterocycles. The second kappa shape index (κ2) is 6.10. The molecule has 1 aromatic carbocycles. The predicted molar refractivity (Wildman–Crippen MR) is 75.3 cm³/mol. The highest BCUT2D eigenvalue weighted by molar-refractivity contribution is 8.00. The monoisotopic (exact) mass is 280 g/mol. The van der Waals surface area contributed by atoms with Crippen LogP contribution < -0.4 is 10.2 Å². The number of nitrogens with one attached hydrogen (secondary N) is 1. The lowest BCUT2D eigenvalue weighted by Crippen LogP contribution is -2.50. The van der Waals surface area contributed by atoms with Crippen molar-refractivity contribution < 1.29 is 15.0 Å². The van der Waals surface area contributed by atoms with Gasteiger partial charge in [0.15, 0.2) is 0 Å². The Hall–Kier alpha value is -1.50. The number of anilines is 1. The number of nitrogens with zero attached hydrogens (tertiary/aromatic N) is 1. The van der Waals surface area contributed by atoms with Crippen LogP contribution in [0.25, 0.3) is 0 Å². The first-order valence-electron chi connectivity index (χ1n) is 5.90. The lowest BCUT2D eigenvalue weighted by Gasteiger charge is -2.28. The Balaban J connectivity index is 2.18. The molecular formula is C13H16N2O3S. The molecule has 2 rings (SSSR count). The molecule has 0 bridgehead atoms. The smallest absolute Gasteiger partial charge is 0.323 e.